The van der Waals surface area contributed by atoms with Gasteiger partial charge >= 0.3 is 0 Å². The molecule has 2 aromatic rings. The van der Waals surface area contributed by atoms with Crippen molar-refractivity contribution in [2.75, 3.05) is 19.7 Å². The van der Waals surface area contributed by atoms with E-state index in [9.17, 15) is 9.18 Å². The second-order valence-electron chi connectivity index (χ2n) is 6.14. The Labute approximate surface area is 140 Å². The first-order chi connectivity index (χ1) is 11.6. The van der Waals surface area contributed by atoms with Gasteiger partial charge in [-0.15, -0.1) is 0 Å². The molecule has 1 amide bonds. The summed E-state index contributed by atoms with van der Waals surface area (Å²) in [6.07, 6.45) is 2.79. The first kappa shape index (κ1) is 16.5. The normalized spacial score (nSPS) is 18.0. The summed E-state index contributed by atoms with van der Waals surface area (Å²) in [4.78, 5) is 22.9. The van der Waals surface area contributed by atoms with Crippen LogP contribution in [0.4, 0.5) is 4.39 Å². The minimum absolute atomic E-state index is 0.0882. The van der Waals surface area contributed by atoms with E-state index in [4.69, 9.17) is 4.74 Å². The molecule has 0 spiro atoms. The molecule has 6 heteroatoms. The van der Waals surface area contributed by atoms with Crippen molar-refractivity contribution in [2.24, 2.45) is 0 Å². The molecule has 2 heterocycles. The molecule has 5 nitrogen and oxygen atoms in total. The molecule has 0 radical (unpaired) electrons. The summed E-state index contributed by atoms with van der Waals surface area (Å²) in [5.74, 6) is -0.235. The van der Waals surface area contributed by atoms with Crippen LogP contribution in [0.25, 0.3) is 0 Å². The lowest BCUT2D eigenvalue weighted by Crippen LogP contribution is -2.42. The van der Waals surface area contributed by atoms with Gasteiger partial charge in [0.1, 0.15) is 18.2 Å². The highest BCUT2D eigenvalue weighted by molar-refractivity contribution is 5.95. The van der Waals surface area contributed by atoms with Crippen molar-refractivity contribution in [3.63, 3.8) is 0 Å². The molecule has 3 rings (SSSR count). The van der Waals surface area contributed by atoms with Gasteiger partial charge in [0.05, 0.1) is 24.4 Å². The second-order valence-corrected chi connectivity index (χ2v) is 6.14. The van der Waals surface area contributed by atoms with E-state index in [2.05, 4.69) is 9.97 Å². The zero-order valence-corrected chi connectivity index (χ0v) is 13.8. The molecule has 1 aromatic carbocycles. The summed E-state index contributed by atoms with van der Waals surface area (Å²) in [6.45, 7) is 5.39. The molecule has 0 bridgehead atoms. The summed E-state index contributed by atoms with van der Waals surface area (Å²) < 4.78 is 18.8. The number of hydrogen-bond donors (Lipinski definition) is 0. The van der Waals surface area contributed by atoms with E-state index in [0.717, 1.165) is 11.3 Å². The third kappa shape index (κ3) is 3.43. The molecule has 0 unspecified atom stereocenters. The maximum Gasteiger partial charge on any atom is 0.257 e. The van der Waals surface area contributed by atoms with Crippen LogP contribution in [-0.2, 0) is 4.74 Å². The first-order valence-corrected chi connectivity index (χ1v) is 8.02. The highest BCUT2D eigenvalue weighted by atomic mass is 19.1. The highest BCUT2D eigenvalue weighted by Gasteiger charge is 2.28. The number of ether oxygens (including phenoxy) is 1. The molecule has 126 valence electrons. The summed E-state index contributed by atoms with van der Waals surface area (Å²) in [5.41, 5.74) is 2.15. The molecule has 1 aliphatic heterocycles. The van der Waals surface area contributed by atoms with Gasteiger partial charge in [-0.1, -0.05) is 26.0 Å². The van der Waals surface area contributed by atoms with E-state index in [0.29, 0.717) is 25.3 Å². The predicted molar refractivity (Wildman–Crippen MR) is 87.1 cm³/mol. The minimum atomic E-state index is -0.287. The van der Waals surface area contributed by atoms with Crippen LogP contribution in [0.1, 0.15) is 47.5 Å². The molecular weight excluding hydrogens is 309 g/mol. The van der Waals surface area contributed by atoms with Gasteiger partial charge in [-0.2, -0.15) is 0 Å². The maximum atomic E-state index is 13.1. The maximum absolute atomic E-state index is 13.1. The number of morpholine rings is 1. The van der Waals surface area contributed by atoms with E-state index >= 15 is 0 Å². The SMILES string of the molecule is CC(C)c1ncncc1C(=O)N1CCO[C@@H](c2ccc(F)cc2)C1. The van der Waals surface area contributed by atoms with Gasteiger partial charge in [-0.05, 0) is 23.6 Å². The molecular formula is C18H20FN3O2. The Kier molecular flexibility index (Phi) is 4.85. The van der Waals surface area contributed by atoms with Crippen molar-refractivity contribution in [3.05, 3.63) is 59.4 Å². The molecule has 1 saturated heterocycles. The average Bonchev–Trinajstić information content (AvgIpc) is 2.62. The van der Waals surface area contributed by atoms with E-state index in [-0.39, 0.29) is 23.7 Å². The average molecular weight is 329 g/mol. The monoisotopic (exact) mass is 329 g/mol. The largest absolute Gasteiger partial charge is 0.370 e. The smallest absolute Gasteiger partial charge is 0.257 e. The van der Waals surface area contributed by atoms with Gasteiger partial charge in [0.25, 0.3) is 5.91 Å². The molecule has 0 saturated carbocycles. The molecule has 0 aliphatic carbocycles. The van der Waals surface area contributed by atoms with Crippen molar-refractivity contribution in [3.8, 4) is 0 Å². The Morgan fingerprint density at radius 1 is 1.33 bits per heavy atom. The first-order valence-electron chi connectivity index (χ1n) is 8.02. The van der Waals surface area contributed by atoms with Crippen molar-refractivity contribution >= 4 is 5.91 Å². The molecule has 0 N–H and O–H groups in total. The third-order valence-electron chi connectivity index (χ3n) is 4.12. The quantitative estimate of drug-likeness (QED) is 0.869. The van der Waals surface area contributed by atoms with Crippen LogP contribution in [0, 0.1) is 5.82 Å². The molecule has 24 heavy (non-hydrogen) atoms. The molecule has 1 aromatic heterocycles. The van der Waals surface area contributed by atoms with Gasteiger partial charge in [0.2, 0.25) is 0 Å². The number of carbonyl (C=O) groups is 1. The molecule has 1 aliphatic rings. The van der Waals surface area contributed by atoms with Crippen LogP contribution in [0.15, 0.2) is 36.8 Å². The summed E-state index contributed by atoms with van der Waals surface area (Å²) in [6, 6.07) is 6.20. The topological polar surface area (TPSA) is 55.3 Å². The molecule has 1 fully saturated rings. The van der Waals surface area contributed by atoms with Crippen LogP contribution >= 0.6 is 0 Å². The Bertz CT molecular complexity index is 718. The number of benzene rings is 1. The van der Waals surface area contributed by atoms with Gasteiger partial charge < -0.3 is 9.64 Å². The zero-order valence-electron chi connectivity index (χ0n) is 13.8. The predicted octanol–water partition coefficient (Wildman–Crippen LogP) is 2.95. The fourth-order valence-corrected chi connectivity index (χ4v) is 2.85. The Morgan fingerprint density at radius 2 is 2.08 bits per heavy atom. The van der Waals surface area contributed by atoms with Crippen LogP contribution in [0.5, 0.6) is 0 Å². The lowest BCUT2D eigenvalue weighted by molar-refractivity contribution is -0.0229. The number of aromatic nitrogens is 2. The minimum Gasteiger partial charge on any atom is -0.370 e. The summed E-state index contributed by atoms with van der Waals surface area (Å²) in [5, 5.41) is 0. The van der Waals surface area contributed by atoms with Crippen LogP contribution < -0.4 is 0 Å². The van der Waals surface area contributed by atoms with Crippen LogP contribution in [-0.4, -0.2) is 40.5 Å². The second kappa shape index (κ2) is 7.05. The third-order valence-corrected chi connectivity index (χ3v) is 4.12. The van der Waals surface area contributed by atoms with Gasteiger partial charge in [-0.25, -0.2) is 14.4 Å². The highest BCUT2D eigenvalue weighted by Crippen LogP contribution is 2.25. The van der Waals surface area contributed by atoms with Crippen LogP contribution in [0.3, 0.4) is 0 Å². The van der Waals surface area contributed by atoms with Gasteiger partial charge in [0, 0.05) is 12.7 Å². The number of nitrogens with zero attached hydrogens (tertiary/aromatic N) is 3. The lowest BCUT2D eigenvalue weighted by atomic mass is 10.0. The Hall–Kier alpha value is -2.34. The van der Waals surface area contributed by atoms with Crippen molar-refractivity contribution < 1.29 is 13.9 Å². The lowest BCUT2D eigenvalue weighted by Gasteiger charge is -2.33. The standard InChI is InChI=1S/C18H20FN3O2/c1-12(2)17-15(9-20-11-21-17)18(23)22-7-8-24-16(10-22)13-3-5-14(19)6-4-13/h3-6,9,11-12,16H,7-8,10H2,1-2H3/t16-/m1/s1. The number of halogens is 1. The van der Waals surface area contributed by atoms with Crippen molar-refractivity contribution in [1.29, 1.82) is 0 Å². The fraction of sp³-hybridized carbons (Fsp3) is 0.389. The summed E-state index contributed by atoms with van der Waals surface area (Å²) in [7, 11) is 0. The van der Waals surface area contributed by atoms with E-state index < -0.39 is 0 Å². The van der Waals surface area contributed by atoms with Crippen molar-refractivity contribution in [1.82, 2.24) is 14.9 Å². The van der Waals surface area contributed by atoms with Gasteiger partial charge in [0.15, 0.2) is 0 Å². The van der Waals surface area contributed by atoms with Crippen LogP contribution in [0.2, 0.25) is 0 Å². The number of rotatable bonds is 3. The van der Waals surface area contributed by atoms with E-state index in [1.165, 1.54) is 18.5 Å². The Balaban J connectivity index is 1.80. The number of hydrogen-bond acceptors (Lipinski definition) is 4. The van der Waals surface area contributed by atoms with Gasteiger partial charge in [-0.3, -0.25) is 4.79 Å². The summed E-state index contributed by atoms with van der Waals surface area (Å²) >= 11 is 0. The fourth-order valence-electron chi connectivity index (χ4n) is 2.85. The van der Waals surface area contributed by atoms with Crippen molar-refractivity contribution in [2.45, 2.75) is 25.9 Å². The van der Waals surface area contributed by atoms with E-state index in [1.807, 2.05) is 13.8 Å². The number of amides is 1. The Morgan fingerprint density at radius 3 is 2.79 bits per heavy atom. The zero-order chi connectivity index (χ0) is 17.1. The van der Waals surface area contributed by atoms with E-state index in [1.54, 1.807) is 23.2 Å². The number of carbonyl (C=O) groups excluding carboxylic acids is 1. The molecule has 1 atom stereocenters.